The maximum absolute atomic E-state index is 12.1. The Morgan fingerprint density at radius 1 is 1.03 bits per heavy atom. The van der Waals surface area contributed by atoms with Crippen LogP contribution in [0.2, 0.25) is 0 Å². The van der Waals surface area contributed by atoms with E-state index in [1.807, 2.05) is 31.2 Å². The number of benzene rings is 1. The highest BCUT2D eigenvalue weighted by Crippen LogP contribution is 2.43. The standard InChI is InChI=1S/C26H23N5O/c1-16-4-2-6-22(29-16)24-25(18-7-10-21-23(15-18)28-12-11-27-21)31-13-3-5-17-14-19(32)8-9-20(17)26(31)30-24/h2-7,10-12,15,17,20H,8-9,13-14H2,1H3/t17-,20?/m0/s1. The van der Waals surface area contributed by atoms with Crippen LogP contribution in [0.3, 0.4) is 0 Å². The van der Waals surface area contributed by atoms with Crippen LogP contribution in [0.1, 0.15) is 36.7 Å². The van der Waals surface area contributed by atoms with Gasteiger partial charge in [-0.15, -0.1) is 0 Å². The molecule has 158 valence electrons. The van der Waals surface area contributed by atoms with Gasteiger partial charge in [0.05, 0.1) is 22.4 Å². The van der Waals surface area contributed by atoms with Crippen LogP contribution in [0.4, 0.5) is 0 Å². The molecule has 0 amide bonds. The number of aromatic nitrogens is 5. The fraction of sp³-hybridized carbons (Fsp3) is 0.269. The van der Waals surface area contributed by atoms with Crippen molar-refractivity contribution in [1.29, 1.82) is 0 Å². The van der Waals surface area contributed by atoms with Crippen molar-refractivity contribution < 1.29 is 4.79 Å². The molecule has 6 rings (SSSR count). The maximum Gasteiger partial charge on any atom is 0.133 e. The first-order chi connectivity index (χ1) is 15.7. The summed E-state index contributed by atoms with van der Waals surface area (Å²) in [4.78, 5) is 31.1. The van der Waals surface area contributed by atoms with Gasteiger partial charge in [0.25, 0.3) is 0 Å². The molecule has 3 aromatic heterocycles. The van der Waals surface area contributed by atoms with E-state index in [9.17, 15) is 4.79 Å². The van der Waals surface area contributed by atoms with Crippen LogP contribution in [0.25, 0.3) is 33.7 Å². The SMILES string of the molecule is Cc1cccc(-c2nc3n(c2-c2ccc4nccnc4c2)CC=C[C@H]2CC(=O)CCC32)n1. The number of hydrogen-bond donors (Lipinski definition) is 0. The lowest BCUT2D eigenvalue weighted by atomic mass is 9.78. The Kier molecular flexibility index (Phi) is 4.45. The molecule has 1 aromatic carbocycles. The van der Waals surface area contributed by atoms with Crippen molar-refractivity contribution in [2.24, 2.45) is 5.92 Å². The minimum absolute atomic E-state index is 0.216. The number of carbonyl (C=O) groups is 1. The van der Waals surface area contributed by atoms with Crippen LogP contribution in [0.5, 0.6) is 0 Å². The summed E-state index contributed by atoms with van der Waals surface area (Å²) in [6, 6.07) is 12.2. The van der Waals surface area contributed by atoms with Gasteiger partial charge in [-0.3, -0.25) is 19.7 Å². The van der Waals surface area contributed by atoms with Gasteiger partial charge in [0.15, 0.2) is 0 Å². The highest BCUT2D eigenvalue weighted by Gasteiger charge is 2.35. The summed E-state index contributed by atoms with van der Waals surface area (Å²) >= 11 is 0. The molecule has 2 aliphatic rings. The van der Waals surface area contributed by atoms with E-state index >= 15 is 0 Å². The van der Waals surface area contributed by atoms with Crippen molar-refractivity contribution in [2.45, 2.75) is 38.6 Å². The molecule has 0 radical (unpaired) electrons. The third kappa shape index (κ3) is 3.14. The molecule has 1 aliphatic heterocycles. The average Bonchev–Trinajstić information content (AvgIpc) is 3.09. The van der Waals surface area contributed by atoms with Gasteiger partial charge in [0.1, 0.15) is 17.3 Å². The first-order valence-electron chi connectivity index (χ1n) is 11.1. The lowest BCUT2D eigenvalue weighted by Crippen LogP contribution is -2.23. The molecule has 0 bridgehead atoms. The van der Waals surface area contributed by atoms with Gasteiger partial charge >= 0.3 is 0 Å². The zero-order valence-electron chi connectivity index (χ0n) is 17.9. The predicted molar refractivity (Wildman–Crippen MR) is 123 cm³/mol. The van der Waals surface area contributed by atoms with Gasteiger partial charge in [-0.2, -0.15) is 0 Å². The van der Waals surface area contributed by atoms with Crippen molar-refractivity contribution in [3.63, 3.8) is 0 Å². The summed E-state index contributed by atoms with van der Waals surface area (Å²) in [5, 5.41) is 0. The van der Waals surface area contributed by atoms with Crippen LogP contribution in [0.15, 0.2) is 60.9 Å². The quantitative estimate of drug-likeness (QED) is 0.431. The zero-order valence-corrected chi connectivity index (χ0v) is 17.9. The van der Waals surface area contributed by atoms with E-state index in [1.54, 1.807) is 12.4 Å². The van der Waals surface area contributed by atoms with Crippen LogP contribution >= 0.6 is 0 Å². The number of Topliss-reactive ketones (excluding diaryl/α,β-unsaturated/α-hetero) is 1. The van der Waals surface area contributed by atoms with Gasteiger partial charge in [-0.1, -0.05) is 24.3 Å². The molecule has 1 unspecified atom stereocenters. The number of ketones is 1. The van der Waals surface area contributed by atoms with Crippen molar-refractivity contribution in [1.82, 2.24) is 24.5 Å². The fourth-order valence-corrected chi connectivity index (χ4v) is 5.10. The molecule has 0 spiro atoms. The van der Waals surface area contributed by atoms with E-state index in [-0.39, 0.29) is 11.8 Å². The number of imidazole rings is 1. The highest BCUT2D eigenvalue weighted by molar-refractivity contribution is 5.85. The molecule has 1 saturated carbocycles. The van der Waals surface area contributed by atoms with Gasteiger partial charge in [0.2, 0.25) is 0 Å². The van der Waals surface area contributed by atoms with Crippen LogP contribution in [0, 0.1) is 12.8 Å². The monoisotopic (exact) mass is 421 g/mol. The number of nitrogens with zero attached hydrogens (tertiary/aromatic N) is 5. The number of fused-ring (bicyclic) bond motifs is 4. The van der Waals surface area contributed by atoms with Crippen molar-refractivity contribution in [3.8, 4) is 22.6 Å². The highest BCUT2D eigenvalue weighted by atomic mass is 16.1. The summed E-state index contributed by atoms with van der Waals surface area (Å²) in [6.45, 7) is 2.73. The Morgan fingerprint density at radius 3 is 2.78 bits per heavy atom. The molecular formula is C26H23N5O. The van der Waals surface area contributed by atoms with E-state index in [2.05, 4.69) is 38.8 Å². The smallest absolute Gasteiger partial charge is 0.133 e. The molecular weight excluding hydrogens is 398 g/mol. The van der Waals surface area contributed by atoms with E-state index < -0.39 is 0 Å². The number of allylic oxidation sites excluding steroid dienone is 2. The minimum atomic E-state index is 0.216. The second kappa shape index (κ2) is 7.48. The Morgan fingerprint density at radius 2 is 1.91 bits per heavy atom. The molecule has 0 N–H and O–H groups in total. The fourth-order valence-electron chi connectivity index (χ4n) is 5.10. The molecule has 0 saturated heterocycles. The summed E-state index contributed by atoms with van der Waals surface area (Å²) in [6.07, 6.45) is 9.91. The Labute approximate surface area is 186 Å². The molecule has 4 heterocycles. The van der Waals surface area contributed by atoms with Crippen LogP contribution in [-0.2, 0) is 11.3 Å². The average molecular weight is 422 g/mol. The normalized spacial score (nSPS) is 20.1. The molecule has 32 heavy (non-hydrogen) atoms. The second-order valence-electron chi connectivity index (χ2n) is 8.68. The van der Waals surface area contributed by atoms with Crippen LogP contribution in [-0.4, -0.2) is 30.3 Å². The third-order valence-corrected chi connectivity index (χ3v) is 6.59. The Hall–Kier alpha value is -3.67. The molecule has 2 atom stereocenters. The topological polar surface area (TPSA) is 73.6 Å². The summed E-state index contributed by atoms with van der Waals surface area (Å²) in [7, 11) is 0. The van der Waals surface area contributed by atoms with Crippen molar-refractivity contribution in [2.75, 3.05) is 0 Å². The van der Waals surface area contributed by atoms with E-state index in [4.69, 9.17) is 9.97 Å². The van der Waals surface area contributed by atoms with Gasteiger partial charge in [-0.25, -0.2) is 4.98 Å². The number of aryl methyl sites for hydroxylation is 1. The summed E-state index contributed by atoms with van der Waals surface area (Å²) in [5.74, 6) is 1.86. The lowest BCUT2D eigenvalue weighted by Gasteiger charge is -2.27. The predicted octanol–water partition coefficient (Wildman–Crippen LogP) is 4.89. The summed E-state index contributed by atoms with van der Waals surface area (Å²) in [5.41, 5.74) is 6.54. The molecule has 6 heteroatoms. The first-order valence-corrected chi connectivity index (χ1v) is 11.1. The number of rotatable bonds is 2. The largest absolute Gasteiger partial charge is 0.323 e. The number of carbonyl (C=O) groups excluding carboxylic acids is 1. The Balaban J connectivity index is 1.60. The zero-order chi connectivity index (χ0) is 21.7. The summed E-state index contributed by atoms with van der Waals surface area (Å²) < 4.78 is 2.31. The van der Waals surface area contributed by atoms with E-state index in [0.29, 0.717) is 18.6 Å². The van der Waals surface area contributed by atoms with Gasteiger partial charge < -0.3 is 4.57 Å². The Bertz CT molecular complexity index is 1390. The van der Waals surface area contributed by atoms with Gasteiger partial charge in [0, 0.05) is 49.0 Å². The lowest BCUT2D eigenvalue weighted by molar-refractivity contribution is -0.121. The second-order valence-corrected chi connectivity index (χ2v) is 8.68. The molecule has 4 aromatic rings. The third-order valence-electron chi connectivity index (χ3n) is 6.59. The van der Waals surface area contributed by atoms with Crippen molar-refractivity contribution in [3.05, 3.63) is 72.5 Å². The number of hydrogen-bond acceptors (Lipinski definition) is 5. The van der Waals surface area contributed by atoms with Gasteiger partial charge in [-0.05, 0) is 43.5 Å². The van der Waals surface area contributed by atoms with E-state index in [1.165, 1.54) is 0 Å². The van der Waals surface area contributed by atoms with E-state index in [0.717, 1.165) is 58.2 Å². The first kappa shape index (κ1) is 19.0. The van der Waals surface area contributed by atoms with Crippen LogP contribution < -0.4 is 0 Å². The minimum Gasteiger partial charge on any atom is -0.323 e. The number of pyridine rings is 1. The molecule has 6 nitrogen and oxygen atoms in total. The molecule has 1 aliphatic carbocycles. The van der Waals surface area contributed by atoms with Crippen molar-refractivity contribution >= 4 is 16.8 Å². The molecule has 1 fully saturated rings. The maximum atomic E-state index is 12.1.